The van der Waals surface area contributed by atoms with Gasteiger partial charge in [0, 0.05) is 24.2 Å². The van der Waals surface area contributed by atoms with Crippen LogP contribution in [-0.4, -0.2) is 42.1 Å². The van der Waals surface area contributed by atoms with E-state index in [1.807, 2.05) is 30.3 Å². The Morgan fingerprint density at radius 2 is 2.05 bits per heavy atom. The molecule has 0 bridgehead atoms. The number of pyridine rings is 1. The molecule has 3 rings (SSSR count). The van der Waals surface area contributed by atoms with Gasteiger partial charge in [-0.3, -0.25) is 4.98 Å². The van der Waals surface area contributed by atoms with Crippen LogP contribution in [0.1, 0.15) is 18.4 Å². The minimum absolute atomic E-state index is 0.0949. The van der Waals surface area contributed by atoms with Crippen LogP contribution in [0.15, 0.2) is 36.5 Å². The first-order valence-corrected chi connectivity index (χ1v) is 7.78. The standard InChI is InChI=1S/C17H22N4O/c1-21-10-7-15(8-11-21)20-17(22)19-12-14-5-2-4-13-6-3-9-18-16(13)14/h2-6,9,15H,7-8,10-12H2,1H3,(H2,19,20,22). The average molecular weight is 298 g/mol. The number of carbonyl (C=O) groups is 1. The Morgan fingerprint density at radius 3 is 2.86 bits per heavy atom. The largest absolute Gasteiger partial charge is 0.335 e. The molecule has 0 aliphatic carbocycles. The number of aromatic nitrogens is 1. The first-order valence-electron chi connectivity index (χ1n) is 7.78. The molecular weight excluding hydrogens is 276 g/mol. The summed E-state index contributed by atoms with van der Waals surface area (Å²) < 4.78 is 0. The first kappa shape index (κ1) is 14.8. The van der Waals surface area contributed by atoms with E-state index >= 15 is 0 Å². The predicted octanol–water partition coefficient (Wildman–Crippen LogP) is 2.13. The third-order valence-electron chi connectivity index (χ3n) is 4.21. The number of urea groups is 1. The quantitative estimate of drug-likeness (QED) is 0.912. The van der Waals surface area contributed by atoms with Gasteiger partial charge in [0.15, 0.2) is 0 Å². The maximum Gasteiger partial charge on any atom is 0.315 e. The van der Waals surface area contributed by atoms with Gasteiger partial charge in [0.2, 0.25) is 0 Å². The van der Waals surface area contributed by atoms with E-state index in [1.165, 1.54) is 0 Å². The van der Waals surface area contributed by atoms with Crippen molar-refractivity contribution in [2.75, 3.05) is 20.1 Å². The van der Waals surface area contributed by atoms with Gasteiger partial charge in [0.25, 0.3) is 0 Å². The molecule has 0 saturated carbocycles. The van der Waals surface area contributed by atoms with Crippen molar-refractivity contribution in [1.29, 1.82) is 0 Å². The van der Waals surface area contributed by atoms with E-state index in [1.54, 1.807) is 6.20 Å². The number of carbonyl (C=O) groups excluding carboxylic acids is 1. The van der Waals surface area contributed by atoms with Crippen LogP contribution in [-0.2, 0) is 6.54 Å². The summed E-state index contributed by atoms with van der Waals surface area (Å²) in [6.07, 6.45) is 3.81. The van der Waals surface area contributed by atoms with Crippen molar-refractivity contribution in [2.24, 2.45) is 0 Å². The van der Waals surface area contributed by atoms with E-state index in [4.69, 9.17) is 0 Å². The summed E-state index contributed by atoms with van der Waals surface area (Å²) in [7, 11) is 2.11. The summed E-state index contributed by atoms with van der Waals surface area (Å²) in [5.74, 6) is 0. The lowest BCUT2D eigenvalue weighted by Crippen LogP contribution is -2.46. The maximum absolute atomic E-state index is 12.0. The molecule has 0 atom stereocenters. The van der Waals surface area contributed by atoms with Gasteiger partial charge in [-0.2, -0.15) is 0 Å². The molecule has 5 heteroatoms. The highest BCUT2D eigenvalue weighted by Gasteiger charge is 2.18. The molecule has 0 radical (unpaired) electrons. The highest BCUT2D eigenvalue weighted by molar-refractivity contribution is 5.82. The topological polar surface area (TPSA) is 57.3 Å². The number of likely N-dealkylation sites (tertiary alicyclic amines) is 1. The van der Waals surface area contributed by atoms with Gasteiger partial charge in [-0.05, 0) is 44.6 Å². The van der Waals surface area contributed by atoms with Crippen LogP contribution in [0, 0.1) is 0 Å². The molecule has 1 saturated heterocycles. The molecule has 2 heterocycles. The number of nitrogens with one attached hydrogen (secondary N) is 2. The molecule has 0 unspecified atom stereocenters. The van der Waals surface area contributed by atoms with Crippen LogP contribution in [0.3, 0.4) is 0 Å². The predicted molar refractivity (Wildman–Crippen MR) is 87.6 cm³/mol. The average Bonchev–Trinajstić information content (AvgIpc) is 2.55. The number of nitrogens with zero attached hydrogens (tertiary/aromatic N) is 2. The molecule has 2 N–H and O–H groups in total. The molecule has 1 aliphatic rings. The van der Waals surface area contributed by atoms with Gasteiger partial charge in [-0.25, -0.2) is 4.79 Å². The van der Waals surface area contributed by atoms with Crippen LogP contribution in [0.25, 0.3) is 10.9 Å². The fourth-order valence-corrected chi connectivity index (χ4v) is 2.87. The number of rotatable bonds is 3. The smallest absolute Gasteiger partial charge is 0.315 e. The molecule has 1 aromatic carbocycles. The zero-order valence-electron chi connectivity index (χ0n) is 12.9. The van der Waals surface area contributed by atoms with E-state index in [0.29, 0.717) is 6.54 Å². The lowest BCUT2D eigenvalue weighted by molar-refractivity contribution is 0.213. The van der Waals surface area contributed by atoms with E-state index in [2.05, 4.69) is 27.6 Å². The Labute approximate surface area is 130 Å². The van der Waals surface area contributed by atoms with Crippen molar-refractivity contribution in [2.45, 2.75) is 25.4 Å². The number of benzene rings is 1. The molecule has 0 spiro atoms. The van der Waals surface area contributed by atoms with E-state index < -0.39 is 0 Å². The van der Waals surface area contributed by atoms with Crippen molar-refractivity contribution in [3.05, 3.63) is 42.1 Å². The molecule has 22 heavy (non-hydrogen) atoms. The van der Waals surface area contributed by atoms with Crippen molar-refractivity contribution in [3.8, 4) is 0 Å². The zero-order valence-corrected chi connectivity index (χ0v) is 12.9. The number of piperidine rings is 1. The number of hydrogen-bond acceptors (Lipinski definition) is 3. The van der Waals surface area contributed by atoms with Crippen LogP contribution < -0.4 is 10.6 Å². The third kappa shape index (κ3) is 3.54. The second-order valence-electron chi connectivity index (χ2n) is 5.90. The molecular formula is C17H22N4O. The molecule has 1 fully saturated rings. The molecule has 1 aliphatic heterocycles. The van der Waals surface area contributed by atoms with Gasteiger partial charge in [-0.1, -0.05) is 24.3 Å². The van der Waals surface area contributed by atoms with Crippen LogP contribution in [0.4, 0.5) is 4.79 Å². The third-order valence-corrected chi connectivity index (χ3v) is 4.21. The summed E-state index contributed by atoms with van der Waals surface area (Å²) in [5, 5.41) is 7.10. The Bertz CT molecular complexity index is 645. The van der Waals surface area contributed by atoms with Crippen molar-refractivity contribution in [3.63, 3.8) is 0 Å². The SMILES string of the molecule is CN1CCC(NC(=O)NCc2cccc3cccnc23)CC1. The Balaban J connectivity index is 1.56. The number of fused-ring (bicyclic) bond motifs is 1. The van der Waals surface area contributed by atoms with E-state index in [-0.39, 0.29) is 12.1 Å². The second-order valence-corrected chi connectivity index (χ2v) is 5.90. The molecule has 2 aromatic rings. The van der Waals surface area contributed by atoms with Crippen molar-refractivity contribution >= 4 is 16.9 Å². The van der Waals surface area contributed by atoms with Crippen LogP contribution in [0.5, 0.6) is 0 Å². The van der Waals surface area contributed by atoms with Crippen LogP contribution >= 0.6 is 0 Å². The van der Waals surface area contributed by atoms with Gasteiger partial charge >= 0.3 is 6.03 Å². The van der Waals surface area contributed by atoms with Gasteiger partial charge in [0.1, 0.15) is 0 Å². The second kappa shape index (κ2) is 6.75. The van der Waals surface area contributed by atoms with Crippen molar-refractivity contribution in [1.82, 2.24) is 20.5 Å². The zero-order chi connectivity index (χ0) is 15.4. The van der Waals surface area contributed by atoms with Gasteiger partial charge in [0.05, 0.1) is 5.52 Å². The fraction of sp³-hybridized carbons (Fsp3) is 0.412. The number of hydrogen-bond donors (Lipinski definition) is 2. The van der Waals surface area contributed by atoms with E-state index in [9.17, 15) is 4.79 Å². The van der Waals surface area contributed by atoms with E-state index in [0.717, 1.165) is 42.4 Å². The Morgan fingerprint density at radius 1 is 1.27 bits per heavy atom. The first-order chi connectivity index (χ1) is 10.7. The summed E-state index contributed by atoms with van der Waals surface area (Å²) >= 11 is 0. The maximum atomic E-state index is 12.0. The van der Waals surface area contributed by atoms with Crippen molar-refractivity contribution < 1.29 is 4.79 Å². The number of para-hydroxylation sites is 1. The highest BCUT2D eigenvalue weighted by atomic mass is 16.2. The van der Waals surface area contributed by atoms with Gasteiger partial charge < -0.3 is 15.5 Å². The molecule has 1 aromatic heterocycles. The summed E-state index contributed by atoms with van der Waals surface area (Å²) in [5.41, 5.74) is 1.99. The number of amides is 2. The minimum Gasteiger partial charge on any atom is -0.335 e. The lowest BCUT2D eigenvalue weighted by atomic mass is 10.1. The highest BCUT2D eigenvalue weighted by Crippen LogP contribution is 2.15. The molecule has 2 amide bonds. The fourth-order valence-electron chi connectivity index (χ4n) is 2.87. The summed E-state index contributed by atoms with van der Waals surface area (Å²) in [6, 6.07) is 10.2. The molecule has 5 nitrogen and oxygen atoms in total. The minimum atomic E-state index is -0.0949. The Hall–Kier alpha value is -2.14. The van der Waals surface area contributed by atoms with Crippen LogP contribution in [0.2, 0.25) is 0 Å². The Kier molecular flexibility index (Phi) is 4.53. The summed E-state index contributed by atoms with van der Waals surface area (Å²) in [6.45, 7) is 2.57. The summed E-state index contributed by atoms with van der Waals surface area (Å²) in [4.78, 5) is 18.7. The van der Waals surface area contributed by atoms with Gasteiger partial charge in [-0.15, -0.1) is 0 Å². The lowest BCUT2D eigenvalue weighted by Gasteiger charge is -2.29. The monoisotopic (exact) mass is 298 g/mol. The normalized spacial score (nSPS) is 16.6. The molecule has 116 valence electrons.